The molecule has 0 unspecified atom stereocenters. The summed E-state index contributed by atoms with van der Waals surface area (Å²) < 4.78 is 1.73. The van der Waals surface area contributed by atoms with Gasteiger partial charge in [-0.3, -0.25) is 9.48 Å². The summed E-state index contributed by atoms with van der Waals surface area (Å²) in [7, 11) is 1.86. The Hall–Kier alpha value is -1.83. The summed E-state index contributed by atoms with van der Waals surface area (Å²) in [5.74, 6) is 0.294. The lowest BCUT2D eigenvalue weighted by atomic mass is 9.84. The van der Waals surface area contributed by atoms with Gasteiger partial charge >= 0.3 is 0 Å². The standard InChI is InChI=1S/C15H22N4O/c1-19-11-12(10-17-19)7-8-15(20)18-14(9-16)13-5-3-2-4-6-13/h10-11,13-14H,2-8H2,1H3,(H,18,20)/t14-/m0/s1. The van der Waals surface area contributed by atoms with Crippen molar-refractivity contribution >= 4 is 5.91 Å². The minimum Gasteiger partial charge on any atom is -0.340 e. The van der Waals surface area contributed by atoms with Crippen molar-refractivity contribution in [3.05, 3.63) is 18.0 Å². The Balaban J connectivity index is 1.78. The Kier molecular flexibility index (Phi) is 5.16. The van der Waals surface area contributed by atoms with Crippen LogP contribution in [0.2, 0.25) is 0 Å². The number of rotatable bonds is 5. The van der Waals surface area contributed by atoms with Gasteiger partial charge < -0.3 is 5.32 Å². The topological polar surface area (TPSA) is 70.7 Å². The van der Waals surface area contributed by atoms with Crippen molar-refractivity contribution in [1.82, 2.24) is 15.1 Å². The van der Waals surface area contributed by atoms with Gasteiger partial charge in [0.05, 0.1) is 12.3 Å². The molecule has 1 aliphatic carbocycles. The molecular weight excluding hydrogens is 252 g/mol. The third-order valence-corrected chi connectivity index (χ3v) is 3.98. The minimum absolute atomic E-state index is 0.0361. The largest absolute Gasteiger partial charge is 0.340 e. The van der Waals surface area contributed by atoms with Gasteiger partial charge in [0.2, 0.25) is 5.91 Å². The van der Waals surface area contributed by atoms with Crippen LogP contribution in [0.5, 0.6) is 0 Å². The number of carbonyl (C=O) groups excluding carboxylic acids is 1. The number of nitrogens with one attached hydrogen (secondary N) is 1. The molecule has 2 rings (SSSR count). The molecule has 0 radical (unpaired) electrons. The van der Waals surface area contributed by atoms with Crippen molar-refractivity contribution in [3.63, 3.8) is 0 Å². The van der Waals surface area contributed by atoms with Crippen molar-refractivity contribution in [2.45, 2.75) is 51.0 Å². The highest BCUT2D eigenvalue weighted by Crippen LogP contribution is 2.26. The van der Waals surface area contributed by atoms with E-state index in [1.165, 1.54) is 19.3 Å². The van der Waals surface area contributed by atoms with E-state index in [9.17, 15) is 10.1 Å². The van der Waals surface area contributed by atoms with E-state index in [0.29, 0.717) is 18.8 Å². The molecule has 0 aromatic carbocycles. The molecule has 0 saturated heterocycles. The normalized spacial score (nSPS) is 17.4. The van der Waals surface area contributed by atoms with Crippen molar-refractivity contribution in [1.29, 1.82) is 5.26 Å². The van der Waals surface area contributed by atoms with Crippen LogP contribution in [0.25, 0.3) is 0 Å². The van der Waals surface area contributed by atoms with Crippen LogP contribution in [0.1, 0.15) is 44.1 Å². The third-order valence-electron chi connectivity index (χ3n) is 3.98. The fourth-order valence-electron chi connectivity index (χ4n) is 2.83. The van der Waals surface area contributed by atoms with Gasteiger partial charge in [-0.25, -0.2) is 0 Å². The first-order valence-corrected chi connectivity index (χ1v) is 7.35. The number of amides is 1. The summed E-state index contributed by atoms with van der Waals surface area (Å²) in [5, 5.41) is 16.2. The Morgan fingerprint density at radius 3 is 2.90 bits per heavy atom. The van der Waals surface area contributed by atoms with Crippen LogP contribution >= 0.6 is 0 Å². The lowest BCUT2D eigenvalue weighted by Crippen LogP contribution is -2.40. The minimum atomic E-state index is -0.323. The molecule has 1 heterocycles. The van der Waals surface area contributed by atoms with Crippen molar-refractivity contribution in [2.75, 3.05) is 0 Å². The average Bonchev–Trinajstić information content (AvgIpc) is 2.89. The molecule has 0 spiro atoms. The van der Waals surface area contributed by atoms with Crippen molar-refractivity contribution < 1.29 is 4.79 Å². The van der Waals surface area contributed by atoms with Gasteiger partial charge in [-0.05, 0) is 30.7 Å². The number of hydrogen-bond acceptors (Lipinski definition) is 3. The number of aromatic nitrogens is 2. The average molecular weight is 274 g/mol. The molecule has 108 valence electrons. The first-order valence-electron chi connectivity index (χ1n) is 7.35. The molecular formula is C15H22N4O. The summed E-state index contributed by atoms with van der Waals surface area (Å²) in [6.07, 6.45) is 10.5. The van der Waals surface area contributed by atoms with Crippen LogP contribution in [-0.2, 0) is 18.3 Å². The zero-order valence-corrected chi connectivity index (χ0v) is 12.0. The SMILES string of the molecule is Cn1cc(CCC(=O)N[C@@H](C#N)C2CCCCC2)cn1. The smallest absolute Gasteiger partial charge is 0.221 e. The molecule has 1 atom stereocenters. The van der Waals surface area contributed by atoms with E-state index in [0.717, 1.165) is 18.4 Å². The molecule has 1 aliphatic rings. The predicted molar refractivity (Wildman–Crippen MR) is 75.6 cm³/mol. The van der Waals surface area contributed by atoms with E-state index < -0.39 is 0 Å². The molecule has 1 saturated carbocycles. The van der Waals surface area contributed by atoms with E-state index in [1.54, 1.807) is 10.9 Å². The van der Waals surface area contributed by atoms with Gasteiger partial charge in [-0.15, -0.1) is 0 Å². The maximum Gasteiger partial charge on any atom is 0.221 e. The highest BCUT2D eigenvalue weighted by molar-refractivity contribution is 5.76. The molecule has 1 fully saturated rings. The lowest BCUT2D eigenvalue weighted by molar-refractivity contribution is -0.121. The second-order valence-electron chi connectivity index (χ2n) is 5.59. The predicted octanol–water partition coefficient (Wildman–Crippen LogP) is 1.94. The Morgan fingerprint density at radius 2 is 2.30 bits per heavy atom. The maximum absolute atomic E-state index is 11.9. The van der Waals surface area contributed by atoms with Crippen molar-refractivity contribution in [2.24, 2.45) is 13.0 Å². The van der Waals surface area contributed by atoms with Gasteiger partial charge in [-0.2, -0.15) is 10.4 Å². The summed E-state index contributed by atoms with van der Waals surface area (Å²) in [5.41, 5.74) is 1.05. The zero-order valence-electron chi connectivity index (χ0n) is 12.0. The number of carbonyl (C=O) groups is 1. The van der Waals surface area contributed by atoms with E-state index >= 15 is 0 Å². The van der Waals surface area contributed by atoms with Crippen LogP contribution in [0.15, 0.2) is 12.4 Å². The Labute approximate surface area is 120 Å². The molecule has 1 N–H and O–H groups in total. The number of hydrogen-bond donors (Lipinski definition) is 1. The van der Waals surface area contributed by atoms with Gasteiger partial charge in [0.15, 0.2) is 0 Å². The lowest BCUT2D eigenvalue weighted by Gasteiger charge is -2.26. The second-order valence-corrected chi connectivity index (χ2v) is 5.59. The third kappa shape index (κ3) is 4.09. The fourth-order valence-corrected chi connectivity index (χ4v) is 2.83. The summed E-state index contributed by atoms with van der Waals surface area (Å²) >= 11 is 0. The summed E-state index contributed by atoms with van der Waals surface area (Å²) in [6, 6.07) is 1.93. The van der Waals surface area contributed by atoms with Crippen LogP contribution in [0.4, 0.5) is 0 Å². The van der Waals surface area contributed by atoms with E-state index in [-0.39, 0.29) is 11.9 Å². The molecule has 1 aromatic rings. The highest BCUT2D eigenvalue weighted by atomic mass is 16.1. The van der Waals surface area contributed by atoms with Crippen LogP contribution in [0.3, 0.4) is 0 Å². The molecule has 0 bridgehead atoms. The zero-order chi connectivity index (χ0) is 14.4. The number of nitrogens with zero attached hydrogens (tertiary/aromatic N) is 3. The monoisotopic (exact) mass is 274 g/mol. The van der Waals surface area contributed by atoms with Gasteiger partial charge in [0.25, 0.3) is 0 Å². The first-order chi connectivity index (χ1) is 9.69. The first kappa shape index (κ1) is 14.6. The highest BCUT2D eigenvalue weighted by Gasteiger charge is 2.24. The van der Waals surface area contributed by atoms with Gasteiger partial charge in [0.1, 0.15) is 6.04 Å². The number of nitriles is 1. The maximum atomic E-state index is 11.9. The molecule has 0 aliphatic heterocycles. The molecule has 5 heteroatoms. The van der Waals surface area contributed by atoms with Crippen molar-refractivity contribution in [3.8, 4) is 6.07 Å². The van der Waals surface area contributed by atoms with E-state index in [4.69, 9.17) is 0 Å². The molecule has 5 nitrogen and oxygen atoms in total. The molecule has 1 amide bonds. The quantitative estimate of drug-likeness (QED) is 0.892. The van der Waals surface area contributed by atoms with Crippen LogP contribution in [-0.4, -0.2) is 21.7 Å². The van der Waals surface area contributed by atoms with Crippen LogP contribution < -0.4 is 5.32 Å². The Bertz CT molecular complexity index is 482. The van der Waals surface area contributed by atoms with Gasteiger partial charge in [0, 0.05) is 19.7 Å². The second kappa shape index (κ2) is 7.09. The van der Waals surface area contributed by atoms with Crippen LogP contribution in [0, 0.1) is 17.2 Å². The fraction of sp³-hybridized carbons (Fsp3) is 0.667. The van der Waals surface area contributed by atoms with E-state index in [2.05, 4.69) is 16.5 Å². The Morgan fingerprint density at radius 1 is 1.55 bits per heavy atom. The van der Waals surface area contributed by atoms with Gasteiger partial charge in [-0.1, -0.05) is 19.3 Å². The number of aryl methyl sites for hydroxylation is 2. The van der Waals surface area contributed by atoms with E-state index in [1.807, 2.05) is 13.2 Å². The summed E-state index contributed by atoms with van der Waals surface area (Å²) in [4.78, 5) is 11.9. The summed E-state index contributed by atoms with van der Waals surface area (Å²) in [6.45, 7) is 0. The molecule has 1 aromatic heterocycles. The molecule has 20 heavy (non-hydrogen) atoms.